The molecule has 0 saturated carbocycles. The zero-order chi connectivity index (χ0) is 21.4. The third-order valence-electron chi connectivity index (χ3n) is 5.85. The summed E-state index contributed by atoms with van der Waals surface area (Å²) >= 11 is 6.15. The monoisotopic (exact) mass is 434 g/mol. The lowest BCUT2D eigenvalue weighted by Crippen LogP contribution is -2.38. The van der Waals surface area contributed by atoms with Crippen molar-refractivity contribution in [1.82, 2.24) is 18.9 Å². The van der Waals surface area contributed by atoms with Crippen molar-refractivity contribution in [3.8, 4) is 5.75 Å². The summed E-state index contributed by atoms with van der Waals surface area (Å²) in [4.78, 5) is 20.3. The first-order valence-electron chi connectivity index (χ1n) is 10.3. The molecule has 1 aliphatic rings. The minimum atomic E-state index is 0.0281. The molecule has 7 heteroatoms. The predicted octanol–water partition coefficient (Wildman–Crippen LogP) is 3.76. The molecule has 0 bridgehead atoms. The first-order chi connectivity index (χ1) is 15.1. The van der Waals surface area contributed by atoms with Crippen LogP contribution in [0, 0.1) is 0 Å². The van der Waals surface area contributed by atoms with Gasteiger partial charge in [0.25, 0.3) is 5.56 Å². The van der Waals surface area contributed by atoms with Gasteiger partial charge in [-0.15, -0.1) is 0 Å². The fourth-order valence-electron chi connectivity index (χ4n) is 4.31. The molecule has 6 nitrogen and oxygen atoms in total. The molecule has 31 heavy (non-hydrogen) atoms. The maximum absolute atomic E-state index is 13.5. The molecule has 2 aromatic carbocycles. The van der Waals surface area contributed by atoms with Crippen LogP contribution >= 0.6 is 11.6 Å². The first-order valence-corrected chi connectivity index (χ1v) is 10.7. The van der Waals surface area contributed by atoms with Gasteiger partial charge in [-0.05, 0) is 35.4 Å². The minimum absolute atomic E-state index is 0.0281. The lowest BCUT2D eigenvalue weighted by Gasteiger charge is -2.29. The summed E-state index contributed by atoms with van der Waals surface area (Å²) in [7, 11) is 1.65. The second-order valence-electron chi connectivity index (χ2n) is 7.85. The molecular formula is C24H23ClN4O2. The van der Waals surface area contributed by atoms with Crippen molar-refractivity contribution in [3.05, 3.63) is 98.7 Å². The van der Waals surface area contributed by atoms with Crippen molar-refractivity contribution in [1.29, 1.82) is 0 Å². The summed E-state index contributed by atoms with van der Waals surface area (Å²) in [5.41, 5.74) is 4.11. The van der Waals surface area contributed by atoms with Gasteiger partial charge in [-0.1, -0.05) is 35.9 Å². The zero-order valence-corrected chi connectivity index (χ0v) is 18.0. The Bertz CT molecular complexity index is 1290. The Morgan fingerprint density at radius 1 is 1.10 bits per heavy atom. The average molecular weight is 435 g/mol. The highest BCUT2D eigenvalue weighted by Crippen LogP contribution is 2.21. The second-order valence-corrected chi connectivity index (χ2v) is 8.29. The van der Waals surface area contributed by atoms with Gasteiger partial charge in [-0.3, -0.25) is 18.7 Å². The molecule has 5 rings (SSSR count). The quantitative estimate of drug-likeness (QED) is 0.480. The van der Waals surface area contributed by atoms with Gasteiger partial charge in [0.15, 0.2) is 0 Å². The molecule has 3 heterocycles. The number of hydrogen-bond donors (Lipinski definition) is 0. The maximum atomic E-state index is 13.5. The Hall–Kier alpha value is -3.09. The SMILES string of the molecule is COc1ccc(Cn2c(=O)c3c(n4ccnc24)CCN(Cc2cccc(Cl)c2)C3)cc1. The number of methoxy groups -OCH3 is 1. The number of nitrogens with zero attached hydrogens (tertiary/aromatic N) is 4. The fraction of sp³-hybridized carbons (Fsp3) is 0.250. The van der Waals surface area contributed by atoms with Crippen LogP contribution < -0.4 is 10.3 Å². The number of rotatable bonds is 5. The third kappa shape index (κ3) is 3.84. The Morgan fingerprint density at radius 3 is 2.71 bits per heavy atom. The molecule has 4 aromatic rings. The van der Waals surface area contributed by atoms with Crippen LogP contribution in [0.3, 0.4) is 0 Å². The van der Waals surface area contributed by atoms with Crippen LogP contribution in [0.2, 0.25) is 5.02 Å². The topological polar surface area (TPSA) is 51.8 Å². The molecule has 0 amide bonds. The number of fused-ring (bicyclic) bond motifs is 3. The van der Waals surface area contributed by atoms with E-state index >= 15 is 0 Å². The summed E-state index contributed by atoms with van der Waals surface area (Å²) in [5.74, 6) is 1.48. The van der Waals surface area contributed by atoms with Crippen molar-refractivity contribution in [2.45, 2.75) is 26.1 Å². The number of halogens is 1. The van der Waals surface area contributed by atoms with Crippen LogP contribution in [0.25, 0.3) is 5.78 Å². The van der Waals surface area contributed by atoms with Crippen LogP contribution in [0.15, 0.2) is 65.7 Å². The molecule has 158 valence electrons. The van der Waals surface area contributed by atoms with Gasteiger partial charge in [0.05, 0.1) is 19.2 Å². The van der Waals surface area contributed by atoms with Crippen LogP contribution in [-0.2, 0) is 26.1 Å². The number of imidazole rings is 1. The lowest BCUT2D eigenvalue weighted by atomic mass is 10.1. The van der Waals surface area contributed by atoms with Gasteiger partial charge in [-0.25, -0.2) is 4.98 Å². The van der Waals surface area contributed by atoms with E-state index in [-0.39, 0.29) is 5.56 Å². The van der Waals surface area contributed by atoms with E-state index in [0.717, 1.165) is 52.7 Å². The Kier molecular flexibility index (Phi) is 5.26. The molecule has 0 atom stereocenters. The zero-order valence-electron chi connectivity index (χ0n) is 17.3. The van der Waals surface area contributed by atoms with Gasteiger partial charge >= 0.3 is 0 Å². The first kappa shape index (κ1) is 19.8. The van der Waals surface area contributed by atoms with Crippen LogP contribution in [0.5, 0.6) is 5.75 Å². The normalized spacial score (nSPS) is 14.0. The molecule has 0 N–H and O–H groups in total. The van der Waals surface area contributed by atoms with E-state index < -0.39 is 0 Å². The van der Waals surface area contributed by atoms with Gasteiger partial charge in [0.1, 0.15) is 5.75 Å². The van der Waals surface area contributed by atoms with Gasteiger partial charge in [0.2, 0.25) is 5.78 Å². The van der Waals surface area contributed by atoms with Crippen molar-refractivity contribution in [2.24, 2.45) is 0 Å². The number of ether oxygens (including phenoxy) is 1. The van der Waals surface area contributed by atoms with E-state index in [9.17, 15) is 4.79 Å². The van der Waals surface area contributed by atoms with Crippen molar-refractivity contribution < 1.29 is 4.74 Å². The smallest absolute Gasteiger partial charge is 0.259 e. The van der Waals surface area contributed by atoms with E-state index in [1.165, 1.54) is 0 Å². The standard InChI is InChI=1S/C24H23ClN4O2/c1-31-20-7-5-17(6-8-20)15-29-23(30)21-16-27(14-18-3-2-4-19(25)13-18)11-9-22(21)28-12-10-26-24(28)29/h2-8,10,12-13H,9,11,14-16H2,1H3. The summed E-state index contributed by atoms with van der Waals surface area (Å²) in [6, 6.07) is 15.7. The van der Waals surface area contributed by atoms with Gasteiger partial charge < -0.3 is 4.74 Å². The lowest BCUT2D eigenvalue weighted by molar-refractivity contribution is 0.240. The molecule has 0 aliphatic carbocycles. The number of aromatic nitrogens is 3. The maximum Gasteiger partial charge on any atom is 0.259 e. The van der Waals surface area contributed by atoms with Crippen molar-refractivity contribution in [2.75, 3.05) is 13.7 Å². The minimum Gasteiger partial charge on any atom is -0.497 e. The average Bonchev–Trinajstić information content (AvgIpc) is 3.27. The van der Waals surface area contributed by atoms with E-state index in [0.29, 0.717) is 18.9 Å². The molecule has 1 aliphatic heterocycles. The largest absolute Gasteiger partial charge is 0.497 e. The fourth-order valence-corrected chi connectivity index (χ4v) is 4.52. The highest BCUT2D eigenvalue weighted by molar-refractivity contribution is 6.30. The summed E-state index contributed by atoms with van der Waals surface area (Å²) < 4.78 is 9.08. The van der Waals surface area contributed by atoms with Crippen LogP contribution in [0.4, 0.5) is 0 Å². The summed E-state index contributed by atoms with van der Waals surface area (Å²) in [5, 5.41) is 0.733. The van der Waals surface area contributed by atoms with E-state index in [1.54, 1.807) is 17.9 Å². The van der Waals surface area contributed by atoms with Crippen molar-refractivity contribution >= 4 is 17.4 Å². The molecule has 2 aromatic heterocycles. The van der Waals surface area contributed by atoms with E-state index in [1.807, 2.05) is 48.7 Å². The summed E-state index contributed by atoms with van der Waals surface area (Å²) in [6.45, 7) is 2.72. The molecule has 0 radical (unpaired) electrons. The van der Waals surface area contributed by atoms with Crippen LogP contribution in [0.1, 0.15) is 22.4 Å². The Morgan fingerprint density at radius 2 is 1.94 bits per heavy atom. The van der Waals surface area contributed by atoms with Gasteiger partial charge in [-0.2, -0.15) is 0 Å². The third-order valence-corrected chi connectivity index (χ3v) is 6.08. The molecule has 0 spiro atoms. The number of hydrogen-bond acceptors (Lipinski definition) is 4. The van der Waals surface area contributed by atoms with Gasteiger partial charge in [0, 0.05) is 49.2 Å². The predicted molar refractivity (Wildman–Crippen MR) is 121 cm³/mol. The molecule has 0 saturated heterocycles. The Labute approximate surface area is 185 Å². The van der Waals surface area contributed by atoms with E-state index in [4.69, 9.17) is 16.3 Å². The highest BCUT2D eigenvalue weighted by Gasteiger charge is 2.24. The highest BCUT2D eigenvalue weighted by atomic mass is 35.5. The number of benzene rings is 2. The molecular weight excluding hydrogens is 412 g/mol. The Balaban J connectivity index is 1.50. The summed E-state index contributed by atoms with van der Waals surface area (Å²) in [6.07, 6.45) is 4.52. The van der Waals surface area contributed by atoms with Crippen molar-refractivity contribution in [3.63, 3.8) is 0 Å². The van der Waals surface area contributed by atoms with Crippen LogP contribution in [-0.4, -0.2) is 32.5 Å². The van der Waals surface area contributed by atoms with E-state index in [2.05, 4.69) is 20.4 Å². The molecule has 0 unspecified atom stereocenters. The molecule has 0 fully saturated rings. The second kappa shape index (κ2) is 8.21.